The lowest BCUT2D eigenvalue weighted by Gasteiger charge is -1.87. The molecule has 1 rings (SSSR count). The van der Waals surface area contributed by atoms with Gasteiger partial charge in [-0.05, 0) is 18.2 Å². The van der Waals surface area contributed by atoms with E-state index < -0.39 is 0 Å². The molecule has 0 atom stereocenters. The van der Waals surface area contributed by atoms with Crippen LogP contribution in [0.4, 0.5) is 0 Å². The van der Waals surface area contributed by atoms with Crippen LogP contribution in [0, 0.1) is 0 Å². The van der Waals surface area contributed by atoms with Gasteiger partial charge >= 0.3 is 0 Å². The van der Waals surface area contributed by atoms with Crippen molar-refractivity contribution in [1.82, 2.24) is 0 Å². The highest BCUT2D eigenvalue weighted by atomic mass is 79.9. The van der Waals surface area contributed by atoms with Crippen LogP contribution in [0.3, 0.4) is 0 Å². The van der Waals surface area contributed by atoms with Crippen molar-refractivity contribution in [1.29, 1.82) is 0 Å². The predicted molar refractivity (Wildman–Crippen MR) is 42.8 cm³/mol. The molecule has 0 aliphatic rings. The second-order valence-electron chi connectivity index (χ2n) is 1.44. The molecule has 0 radical (unpaired) electrons. The molecular weight excluding hydrogens is 203 g/mol. The minimum atomic E-state index is 0. The normalized spacial score (nSPS) is 8.22. The Kier molecular flexibility index (Phi) is 3.86. The highest BCUT2D eigenvalue weighted by Crippen LogP contribution is 2.14. The summed E-state index contributed by atoms with van der Waals surface area (Å²) in [5.74, 6) is 0. The third kappa shape index (κ3) is 2.84. The lowest BCUT2D eigenvalue weighted by Crippen LogP contribution is -1.61. The Balaban J connectivity index is 0.000000640. The summed E-state index contributed by atoms with van der Waals surface area (Å²) < 4.78 is 1.02. The molecule has 0 aliphatic carbocycles. The zero-order valence-corrected chi connectivity index (χ0v) is 6.91. The first-order chi connectivity index (χ1) is 3.79. The summed E-state index contributed by atoms with van der Waals surface area (Å²) in [4.78, 5) is 0. The van der Waals surface area contributed by atoms with Crippen LogP contribution >= 0.6 is 27.5 Å². The minimum absolute atomic E-state index is 0. The second-order valence-corrected chi connectivity index (χ2v) is 2.79. The van der Waals surface area contributed by atoms with Gasteiger partial charge in [0.1, 0.15) is 0 Å². The van der Waals surface area contributed by atoms with Crippen molar-refractivity contribution >= 4 is 27.5 Å². The van der Waals surface area contributed by atoms with Crippen LogP contribution < -0.4 is 0 Å². The monoisotopic (exact) mass is 208 g/mol. The van der Waals surface area contributed by atoms with Crippen LogP contribution in [-0.4, -0.2) is 5.48 Å². The molecule has 0 bridgehead atoms. The SMILES string of the molecule is Clc1cccc(Br)c1.O. The van der Waals surface area contributed by atoms with E-state index in [1.54, 1.807) is 0 Å². The molecule has 0 saturated heterocycles. The van der Waals surface area contributed by atoms with Crippen LogP contribution in [-0.2, 0) is 0 Å². The van der Waals surface area contributed by atoms with Gasteiger partial charge in [0.05, 0.1) is 0 Å². The summed E-state index contributed by atoms with van der Waals surface area (Å²) in [7, 11) is 0. The van der Waals surface area contributed by atoms with Crippen LogP contribution in [0.25, 0.3) is 0 Å². The van der Waals surface area contributed by atoms with Crippen molar-refractivity contribution < 1.29 is 5.48 Å². The van der Waals surface area contributed by atoms with Gasteiger partial charge in [-0.15, -0.1) is 0 Å². The van der Waals surface area contributed by atoms with Gasteiger partial charge in [0.2, 0.25) is 0 Å². The van der Waals surface area contributed by atoms with E-state index in [1.165, 1.54) is 0 Å². The van der Waals surface area contributed by atoms with Crippen molar-refractivity contribution in [2.75, 3.05) is 0 Å². The highest BCUT2D eigenvalue weighted by Gasteiger charge is 1.84. The summed E-state index contributed by atoms with van der Waals surface area (Å²) in [6.45, 7) is 0. The molecule has 1 aromatic rings. The van der Waals surface area contributed by atoms with Gasteiger partial charge in [-0.25, -0.2) is 0 Å². The van der Waals surface area contributed by atoms with Crippen LogP contribution in [0.1, 0.15) is 0 Å². The quantitative estimate of drug-likeness (QED) is 0.628. The molecular formula is C6H6BrClO. The van der Waals surface area contributed by atoms with Crippen molar-refractivity contribution in [2.45, 2.75) is 0 Å². The number of halogens is 2. The Bertz CT molecular complexity index is 173. The average molecular weight is 209 g/mol. The minimum Gasteiger partial charge on any atom is -0.412 e. The number of hydrogen-bond donors (Lipinski definition) is 0. The van der Waals surface area contributed by atoms with Gasteiger partial charge in [0.15, 0.2) is 0 Å². The van der Waals surface area contributed by atoms with E-state index >= 15 is 0 Å². The van der Waals surface area contributed by atoms with Crippen LogP contribution in [0.2, 0.25) is 5.02 Å². The molecule has 0 amide bonds. The molecule has 1 nitrogen and oxygen atoms in total. The molecule has 0 heterocycles. The standard InChI is InChI=1S/C6H4BrCl.H2O/c7-5-2-1-3-6(8)4-5;/h1-4H;1H2. The van der Waals surface area contributed by atoms with Crippen LogP contribution in [0.5, 0.6) is 0 Å². The Morgan fingerprint density at radius 2 is 2.00 bits per heavy atom. The Hall–Kier alpha value is -0.0500. The molecule has 50 valence electrons. The van der Waals surface area contributed by atoms with E-state index in [-0.39, 0.29) is 5.48 Å². The van der Waals surface area contributed by atoms with Gasteiger partial charge in [-0.2, -0.15) is 0 Å². The summed E-state index contributed by atoms with van der Waals surface area (Å²) >= 11 is 8.89. The average Bonchev–Trinajstić information content (AvgIpc) is 1.64. The van der Waals surface area contributed by atoms with Gasteiger partial charge < -0.3 is 5.48 Å². The molecule has 0 aliphatic heterocycles. The Morgan fingerprint density at radius 1 is 1.33 bits per heavy atom. The number of benzene rings is 1. The molecule has 0 unspecified atom stereocenters. The molecule has 2 N–H and O–H groups in total. The Labute approximate surface area is 67.1 Å². The summed E-state index contributed by atoms with van der Waals surface area (Å²) in [5, 5.41) is 0.763. The Morgan fingerprint density at radius 3 is 2.33 bits per heavy atom. The third-order valence-electron chi connectivity index (χ3n) is 0.787. The second kappa shape index (κ2) is 3.88. The smallest absolute Gasteiger partial charge is 0.0417 e. The largest absolute Gasteiger partial charge is 0.412 e. The van der Waals surface area contributed by atoms with E-state index in [2.05, 4.69) is 15.9 Å². The van der Waals surface area contributed by atoms with E-state index in [4.69, 9.17) is 11.6 Å². The van der Waals surface area contributed by atoms with E-state index in [0.29, 0.717) is 0 Å². The maximum absolute atomic E-state index is 5.61. The fraction of sp³-hybridized carbons (Fsp3) is 0. The number of rotatable bonds is 0. The summed E-state index contributed by atoms with van der Waals surface area (Å²) in [6.07, 6.45) is 0. The fourth-order valence-corrected chi connectivity index (χ4v) is 1.18. The van der Waals surface area contributed by atoms with Crippen molar-refractivity contribution in [2.24, 2.45) is 0 Å². The third-order valence-corrected chi connectivity index (χ3v) is 1.52. The van der Waals surface area contributed by atoms with Gasteiger partial charge in [0.25, 0.3) is 0 Å². The van der Waals surface area contributed by atoms with E-state index in [1.807, 2.05) is 24.3 Å². The zero-order chi connectivity index (χ0) is 5.98. The molecule has 0 fully saturated rings. The van der Waals surface area contributed by atoms with E-state index in [0.717, 1.165) is 9.50 Å². The first-order valence-electron chi connectivity index (χ1n) is 2.20. The first kappa shape index (κ1) is 8.95. The lowest BCUT2D eigenvalue weighted by molar-refractivity contribution is 0.824. The molecule has 0 saturated carbocycles. The maximum Gasteiger partial charge on any atom is 0.0417 e. The van der Waals surface area contributed by atoms with Crippen molar-refractivity contribution in [3.8, 4) is 0 Å². The summed E-state index contributed by atoms with van der Waals surface area (Å²) in [6, 6.07) is 7.52. The molecule has 0 spiro atoms. The zero-order valence-electron chi connectivity index (χ0n) is 4.57. The van der Waals surface area contributed by atoms with E-state index in [9.17, 15) is 0 Å². The van der Waals surface area contributed by atoms with Gasteiger partial charge in [-0.1, -0.05) is 33.6 Å². The van der Waals surface area contributed by atoms with Crippen molar-refractivity contribution in [3.63, 3.8) is 0 Å². The topological polar surface area (TPSA) is 31.5 Å². The fourth-order valence-electron chi connectivity index (χ4n) is 0.460. The molecule has 3 heteroatoms. The molecule has 9 heavy (non-hydrogen) atoms. The number of hydrogen-bond acceptors (Lipinski definition) is 0. The predicted octanol–water partition coefficient (Wildman–Crippen LogP) is 2.28. The van der Waals surface area contributed by atoms with Gasteiger partial charge in [0, 0.05) is 9.50 Å². The molecule has 1 aromatic carbocycles. The first-order valence-corrected chi connectivity index (χ1v) is 3.37. The van der Waals surface area contributed by atoms with Crippen molar-refractivity contribution in [3.05, 3.63) is 33.8 Å². The highest BCUT2D eigenvalue weighted by molar-refractivity contribution is 9.10. The maximum atomic E-state index is 5.61. The molecule has 0 aromatic heterocycles. The van der Waals surface area contributed by atoms with Gasteiger partial charge in [-0.3, -0.25) is 0 Å². The van der Waals surface area contributed by atoms with Crippen LogP contribution in [0.15, 0.2) is 28.7 Å². The lowest BCUT2D eigenvalue weighted by atomic mass is 10.4. The summed E-state index contributed by atoms with van der Waals surface area (Å²) in [5.41, 5.74) is 0.